The number of anilines is 1. The molecule has 5 nitrogen and oxygen atoms in total. The van der Waals surface area contributed by atoms with Crippen LogP contribution >= 0.6 is 0 Å². The van der Waals surface area contributed by atoms with Crippen LogP contribution in [0.4, 0.5) is 19.0 Å². The lowest BCUT2D eigenvalue weighted by Crippen LogP contribution is -2.24. The second kappa shape index (κ2) is 5.25. The van der Waals surface area contributed by atoms with Crippen molar-refractivity contribution in [2.75, 3.05) is 5.32 Å². The number of halogens is 3. The summed E-state index contributed by atoms with van der Waals surface area (Å²) >= 11 is 0. The van der Waals surface area contributed by atoms with Gasteiger partial charge < -0.3 is 5.32 Å². The zero-order valence-electron chi connectivity index (χ0n) is 10.1. The summed E-state index contributed by atoms with van der Waals surface area (Å²) in [6.45, 7) is 1.44. The minimum absolute atomic E-state index is 0.282. The summed E-state index contributed by atoms with van der Waals surface area (Å²) in [6.07, 6.45) is 0.966. The number of hydrogen-bond donors (Lipinski definition) is 1. The molecular weight excluding hydrogens is 259 g/mol. The molecular formula is C11H12F3N5. The zero-order valence-corrected chi connectivity index (χ0v) is 10.1. The minimum atomic E-state index is -4.21. The van der Waals surface area contributed by atoms with Crippen LogP contribution in [0.2, 0.25) is 0 Å². The molecule has 0 aliphatic rings. The topological polar surface area (TPSA) is 55.6 Å². The quantitative estimate of drug-likeness (QED) is 0.927. The maximum absolute atomic E-state index is 12.2. The molecule has 2 rings (SSSR count). The van der Waals surface area contributed by atoms with Crippen molar-refractivity contribution in [1.82, 2.24) is 19.7 Å². The SMILES string of the molecule is CC(CC(F)(F)F)Nc1cncc(-n2cccn2)n1. The monoisotopic (exact) mass is 271 g/mol. The third-order valence-electron chi connectivity index (χ3n) is 2.29. The van der Waals surface area contributed by atoms with Gasteiger partial charge in [0.1, 0.15) is 5.82 Å². The summed E-state index contributed by atoms with van der Waals surface area (Å²) in [7, 11) is 0. The van der Waals surface area contributed by atoms with Gasteiger partial charge in [0.15, 0.2) is 5.82 Å². The maximum atomic E-state index is 12.2. The number of hydrogen-bond acceptors (Lipinski definition) is 4. The largest absolute Gasteiger partial charge is 0.391 e. The van der Waals surface area contributed by atoms with Crippen molar-refractivity contribution in [3.8, 4) is 5.82 Å². The van der Waals surface area contributed by atoms with E-state index in [9.17, 15) is 13.2 Å². The standard InChI is InChI=1S/C11H12F3N5/c1-8(5-11(12,13)14)17-9-6-15-7-10(18-9)19-4-2-3-16-19/h2-4,6-8H,5H2,1H3,(H,17,18). The van der Waals surface area contributed by atoms with Crippen LogP contribution in [0.15, 0.2) is 30.9 Å². The number of aromatic nitrogens is 4. The van der Waals surface area contributed by atoms with E-state index in [1.807, 2.05) is 0 Å². The summed E-state index contributed by atoms with van der Waals surface area (Å²) in [6, 6.07) is 0.941. The predicted molar refractivity (Wildman–Crippen MR) is 62.9 cm³/mol. The van der Waals surface area contributed by atoms with E-state index < -0.39 is 18.6 Å². The van der Waals surface area contributed by atoms with Crippen LogP contribution in [0.25, 0.3) is 5.82 Å². The van der Waals surface area contributed by atoms with E-state index in [2.05, 4.69) is 20.4 Å². The van der Waals surface area contributed by atoms with Crippen LogP contribution in [-0.4, -0.2) is 32.0 Å². The molecule has 0 aliphatic carbocycles. The average Bonchev–Trinajstić information content (AvgIpc) is 2.79. The Morgan fingerprint density at radius 3 is 2.79 bits per heavy atom. The van der Waals surface area contributed by atoms with E-state index in [1.165, 1.54) is 24.0 Å². The van der Waals surface area contributed by atoms with E-state index in [4.69, 9.17) is 0 Å². The Morgan fingerprint density at radius 1 is 1.37 bits per heavy atom. The highest BCUT2D eigenvalue weighted by Crippen LogP contribution is 2.22. The first kappa shape index (κ1) is 13.3. The van der Waals surface area contributed by atoms with E-state index in [1.54, 1.807) is 18.5 Å². The molecule has 0 aromatic carbocycles. The molecule has 0 amide bonds. The summed E-state index contributed by atoms with van der Waals surface area (Å²) in [5, 5.41) is 6.64. The molecule has 0 fully saturated rings. The molecule has 0 saturated heterocycles. The van der Waals surface area contributed by atoms with Crippen molar-refractivity contribution < 1.29 is 13.2 Å². The molecule has 2 aromatic heterocycles. The van der Waals surface area contributed by atoms with Gasteiger partial charge >= 0.3 is 6.18 Å². The first-order valence-electron chi connectivity index (χ1n) is 5.59. The van der Waals surface area contributed by atoms with E-state index >= 15 is 0 Å². The Bertz CT molecular complexity index is 523. The lowest BCUT2D eigenvalue weighted by molar-refractivity contribution is -0.136. The second-order valence-corrected chi connectivity index (χ2v) is 4.08. The lowest BCUT2D eigenvalue weighted by atomic mass is 10.2. The smallest absolute Gasteiger partial charge is 0.366 e. The molecule has 0 bridgehead atoms. The van der Waals surface area contributed by atoms with Gasteiger partial charge in [0.25, 0.3) is 0 Å². The molecule has 0 aliphatic heterocycles. The Morgan fingerprint density at radius 2 is 2.16 bits per heavy atom. The van der Waals surface area contributed by atoms with Crippen LogP contribution in [0.5, 0.6) is 0 Å². The van der Waals surface area contributed by atoms with Crippen molar-refractivity contribution >= 4 is 5.82 Å². The summed E-state index contributed by atoms with van der Waals surface area (Å²) in [4.78, 5) is 8.07. The third-order valence-corrected chi connectivity index (χ3v) is 2.29. The molecule has 1 unspecified atom stereocenters. The molecule has 2 aromatic rings. The molecule has 1 atom stereocenters. The lowest BCUT2D eigenvalue weighted by Gasteiger charge is -2.16. The van der Waals surface area contributed by atoms with Crippen LogP contribution in [0.3, 0.4) is 0 Å². The first-order valence-corrected chi connectivity index (χ1v) is 5.59. The number of alkyl halides is 3. The molecule has 0 saturated carbocycles. The summed E-state index contributed by atoms with van der Waals surface area (Å²) in [5.41, 5.74) is 0. The van der Waals surface area contributed by atoms with Crippen molar-refractivity contribution in [2.24, 2.45) is 0 Å². The molecule has 2 heterocycles. The molecule has 0 spiro atoms. The second-order valence-electron chi connectivity index (χ2n) is 4.08. The molecule has 19 heavy (non-hydrogen) atoms. The Labute approximate surface area is 107 Å². The van der Waals surface area contributed by atoms with Gasteiger partial charge in [-0.15, -0.1) is 0 Å². The maximum Gasteiger partial charge on any atom is 0.391 e. The fraction of sp³-hybridized carbons (Fsp3) is 0.364. The van der Waals surface area contributed by atoms with Gasteiger partial charge in [-0.2, -0.15) is 18.3 Å². The summed E-state index contributed by atoms with van der Waals surface area (Å²) in [5.74, 6) is 0.721. The Balaban J connectivity index is 2.07. The van der Waals surface area contributed by atoms with Crippen molar-refractivity contribution in [1.29, 1.82) is 0 Å². The highest BCUT2D eigenvalue weighted by atomic mass is 19.4. The van der Waals surface area contributed by atoms with Crippen molar-refractivity contribution in [3.63, 3.8) is 0 Å². The fourth-order valence-electron chi connectivity index (χ4n) is 1.59. The molecule has 8 heteroatoms. The van der Waals surface area contributed by atoms with Crippen LogP contribution in [-0.2, 0) is 0 Å². The van der Waals surface area contributed by atoms with Gasteiger partial charge in [-0.3, -0.25) is 4.98 Å². The molecule has 1 N–H and O–H groups in total. The van der Waals surface area contributed by atoms with E-state index in [-0.39, 0.29) is 5.82 Å². The van der Waals surface area contributed by atoms with E-state index in [0.717, 1.165) is 0 Å². The predicted octanol–water partition coefficient (Wildman–Crippen LogP) is 2.42. The average molecular weight is 271 g/mol. The molecule has 0 radical (unpaired) electrons. The van der Waals surface area contributed by atoms with E-state index in [0.29, 0.717) is 5.82 Å². The Hall–Kier alpha value is -2.12. The molecule has 102 valence electrons. The third kappa shape index (κ3) is 3.94. The van der Waals surface area contributed by atoms with Crippen molar-refractivity contribution in [3.05, 3.63) is 30.9 Å². The van der Waals surface area contributed by atoms with Crippen LogP contribution in [0, 0.1) is 0 Å². The van der Waals surface area contributed by atoms with Gasteiger partial charge in [0.2, 0.25) is 0 Å². The number of nitrogens with zero attached hydrogens (tertiary/aromatic N) is 4. The van der Waals surface area contributed by atoms with Gasteiger partial charge in [0.05, 0.1) is 18.8 Å². The van der Waals surface area contributed by atoms with Gasteiger partial charge in [-0.1, -0.05) is 0 Å². The highest BCUT2D eigenvalue weighted by molar-refractivity contribution is 5.36. The van der Waals surface area contributed by atoms with Gasteiger partial charge in [0, 0.05) is 18.4 Å². The number of rotatable bonds is 4. The van der Waals surface area contributed by atoms with Crippen LogP contribution < -0.4 is 5.32 Å². The normalized spacial score (nSPS) is 13.3. The fourth-order valence-corrected chi connectivity index (χ4v) is 1.59. The minimum Gasteiger partial charge on any atom is -0.366 e. The summed E-state index contributed by atoms with van der Waals surface area (Å²) < 4.78 is 38.1. The van der Waals surface area contributed by atoms with Crippen LogP contribution in [0.1, 0.15) is 13.3 Å². The van der Waals surface area contributed by atoms with Gasteiger partial charge in [-0.05, 0) is 13.0 Å². The first-order chi connectivity index (χ1) is 8.94. The highest BCUT2D eigenvalue weighted by Gasteiger charge is 2.30. The number of nitrogens with one attached hydrogen (secondary N) is 1. The zero-order chi connectivity index (χ0) is 13.9. The Kier molecular flexibility index (Phi) is 3.68. The van der Waals surface area contributed by atoms with Crippen molar-refractivity contribution in [2.45, 2.75) is 25.6 Å². The van der Waals surface area contributed by atoms with Gasteiger partial charge in [-0.25, -0.2) is 9.67 Å².